The van der Waals surface area contributed by atoms with E-state index in [0.29, 0.717) is 5.06 Å². The molecular formula is C8H12NO8P. The van der Waals surface area contributed by atoms with Gasteiger partial charge in [0.1, 0.15) is 0 Å². The average Bonchev–Trinajstić information content (AvgIpc) is 2.55. The molecule has 1 fully saturated rings. The Kier molecular flexibility index (Phi) is 4.97. The molecule has 10 heteroatoms. The van der Waals surface area contributed by atoms with Crippen LogP contribution in [0.1, 0.15) is 25.7 Å². The van der Waals surface area contributed by atoms with Gasteiger partial charge in [-0.3, -0.25) is 14.1 Å². The van der Waals surface area contributed by atoms with E-state index in [-0.39, 0.29) is 32.3 Å². The number of hydroxylamine groups is 2. The molecule has 0 radical (unpaired) electrons. The number of hydrogen-bond acceptors (Lipinski definition) is 6. The molecule has 1 rings (SSSR count). The fourth-order valence-corrected chi connectivity index (χ4v) is 1.57. The number of carbonyl (C=O) groups excluding carboxylic acids is 3. The van der Waals surface area contributed by atoms with Gasteiger partial charge >= 0.3 is 13.8 Å². The summed E-state index contributed by atoms with van der Waals surface area (Å²) < 4.78 is 14.4. The van der Waals surface area contributed by atoms with E-state index >= 15 is 0 Å². The standard InChI is InChI=1S/C8H12NO8P/c10-6-3-4-7(11)9(6)17-8(12)2-1-5-16-18(13,14)15/h1-5H2,(H2,13,14,15). The Hall–Kier alpha value is -1.28. The third kappa shape index (κ3) is 4.92. The SMILES string of the molecule is O=C(CCCOP(=O)(O)O)ON1C(=O)CCC1=O. The highest BCUT2D eigenvalue weighted by Crippen LogP contribution is 2.35. The van der Waals surface area contributed by atoms with Crippen molar-refractivity contribution in [2.24, 2.45) is 0 Å². The Morgan fingerprint density at radius 2 is 1.83 bits per heavy atom. The van der Waals surface area contributed by atoms with Crippen molar-refractivity contribution in [2.75, 3.05) is 6.61 Å². The summed E-state index contributed by atoms with van der Waals surface area (Å²) >= 11 is 0. The highest BCUT2D eigenvalue weighted by atomic mass is 31.2. The van der Waals surface area contributed by atoms with E-state index in [1.165, 1.54) is 0 Å². The van der Waals surface area contributed by atoms with Crippen LogP contribution in [0.3, 0.4) is 0 Å². The number of phosphoric acid groups is 1. The second-order valence-electron chi connectivity index (χ2n) is 3.47. The fraction of sp³-hybridized carbons (Fsp3) is 0.625. The molecule has 18 heavy (non-hydrogen) atoms. The Bertz CT molecular complexity index is 386. The Balaban J connectivity index is 2.24. The summed E-state index contributed by atoms with van der Waals surface area (Å²) in [5, 5.41) is 0.409. The minimum atomic E-state index is -4.55. The highest BCUT2D eigenvalue weighted by Gasteiger charge is 2.32. The predicted octanol–water partition coefficient (Wildman–Crippen LogP) is -0.517. The molecule has 102 valence electrons. The third-order valence-corrected chi connectivity index (χ3v) is 2.50. The summed E-state index contributed by atoms with van der Waals surface area (Å²) in [7, 11) is -4.55. The van der Waals surface area contributed by atoms with Crippen LogP contribution in [0.4, 0.5) is 0 Å². The lowest BCUT2D eigenvalue weighted by atomic mass is 10.3. The number of imide groups is 1. The van der Waals surface area contributed by atoms with Gasteiger partial charge in [0.2, 0.25) is 0 Å². The molecule has 1 heterocycles. The summed E-state index contributed by atoms with van der Waals surface area (Å²) in [4.78, 5) is 54.6. The maximum atomic E-state index is 11.2. The number of rotatable bonds is 6. The van der Waals surface area contributed by atoms with Crippen LogP contribution in [0.25, 0.3) is 0 Å². The van der Waals surface area contributed by atoms with Crippen molar-refractivity contribution < 1.29 is 38.1 Å². The molecule has 1 saturated heterocycles. The zero-order valence-corrected chi connectivity index (χ0v) is 10.2. The van der Waals surface area contributed by atoms with Crippen molar-refractivity contribution in [2.45, 2.75) is 25.7 Å². The lowest BCUT2D eigenvalue weighted by Gasteiger charge is -2.12. The van der Waals surface area contributed by atoms with Crippen LogP contribution >= 0.6 is 7.82 Å². The molecule has 0 saturated carbocycles. The predicted molar refractivity (Wildman–Crippen MR) is 54.4 cm³/mol. The van der Waals surface area contributed by atoms with E-state index in [1.807, 2.05) is 0 Å². The monoisotopic (exact) mass is 281 g/mol. The van der Waals surface area contributed by atoms with Crippen LogP contribution < -0.4 is 0 Å². The van der Waals surface area contributed by atoms with E-state index in [0.717, 1.165) is 0 Å². The summed E-state index contributed by atoms with van der Waals surface area (Å²) in [6.07, 6.45) is -0.210. The summed E-state index contributed by atoms with van der Waals surface area (Å²) in [6.45, 7) is -0.332. The van der Waals surface area contributed by atoms with Crippen LogP contribution in [0.5, 0.6) is 0 Å². The van der Waals surface area contributed by atoms with Crippen molar-refractivity contribution in [3.8, 4) is 0 Å². The van der Waals surface area contributed by atoms with Gasteiger partial charge in [-0.2, -0.15) is 0 Å². The maximum absolute atomic E-state index is 11.2. The van der Waals surface area contributed by atoms with Gasteiger partial charge in [-0.1, -0.05) is 0 Å². The molecule has 0 aromatic carbocycles. The van der Waals surface area contributed by atoms with Gasteiger partial charge in [-0.25, -0.2) is 9.36 Å². The Labute approximate surface area is 102 Å². The number of hydrogen-bond donors (Lipinski definition) is 2. The highest BCUT2D eigenvalue weighted by molar-refractivity contribution is 7.46. The van der Waals surface area contributed by atoms with Gasteiger partial charge in [0.15, 0.2) is 0 Å². The van der Waals surface area contributed by atoms with Gasteiger partial charge in [0.05, 0.1) is 13.0 Å². The van der Waals surface area contributed by atoms with Crippen LogP contribution in [-0.4, -0.2) is 39.2 Å². The average molecular weight is 281 g/mol. The van der Waals surface area contributed by atoms with Gasteiger partial charge in [0.25, 0.3) is 11.8 Å². The Morgan fingerprint density at radius 3 is 2.33 bits per heavy atom. The summed E-state index contributed by atoms with van der Waals surface area (Å²) in [6, 6.07) is 0. The number of carbonyl (C=O) groups is 3. The molecule has 0 unspecified atom stereocenters. The summed E-state index contributed by atoms with van der Waals surface area (Å²) in [5.41, 5.74) is 0. The molecule has 0 aromatic heterocycles. The van der Waals surface area contributed by atoms with E-state index in [4.69, 9.17) is 9.79 Å². The quantitative estimate of drug-likeness (QED) is 0.378. The van der Waals surface area contributed by atoms with E-state index in [1.54, 1.807) is 0 Å². The molecule has 0 atom stereocenters. The van der Waals surface area contributed by atoms with Crippen LogP contribution in [0.2, 0.25) is 0 Å². The normalized spacial score (nSPS) is 16.2. The second-order valence-corrected chi connectivity index (χ2v) is 4.71. The van der Waals surface area contributed by atoms with Crippen LogP contribution in [-0.2, 0) is 28.3 Å². The zero-order valence-electron chi connectivity index (χ0n) is 9.27. The van der Waals surface area contributed by atoms with Gasteiger partial charge < -0.3 is 14.6 Å². The molecule has 0 aromatic rings. The van der Waals surface area contributed by atoms with Crippen LogP contribution in [0.15, 0.2) is 0 Å². The maximum Gasteiger partial charge on any atom is 0.469 e. The molecule has 0 bridgehead atoms. The number of phosphoric ester groups is 1. The van der Waals surface area contributed by atoms with E-state index in [9.17, 15) is 18.9 Å². The topological polar surface area (TPSA) is 130 Å². The lowest BCUT2D eigenvalue weighted by molar-refractivity contribution is -0.197. The second kappa shape index (κ2) is 6.05. The van der Waals surface area contributed by atoms with Gasteiger partial charge in [0, 0.05) is 12.8 Å². The summed E-state index contributed by atoms with van der Waals surface area (Å²) in [5.74, 6) is -2.01. The van der Waals surface area contributed by atoms with E-state index < -0.39 is 25.6 Å². The van der Waals surface area contributed by atoms with Crippen molar-refractivity contribution in [3.63, 3.8) is 0 Å². The molecule has 2 amide bonds. The smallest absolute Gasteiger partial charge is 0.330 e. The van der Waals surface area contributed by atoms with Crippen molar-refractivity contribution in [3.05, 3.63) is 0 Å². The number of amides is 2. The van der Waals surface area contributed by atoms with Gasteiger partial charge in [-0.15, -0.1) is 5.06 Å². The fourth-order valence-electron chi connectivity index (χ4n) is 1.21. The van der Waals surface area contributed by atoms with Crippen LogP contribution in [0, 0.1) is 0 Å². The van der Waals surface area contributed by atoms with E-state index in [2.05, 4.69) is 9.36 Å². The van der Waals surface area contributed by atoms with Crippen molar-refractivity contribution in [1.29, 1.82) is 0 Å². The van der Waals surface area contributed by atoms with Crippen molar-refractivity contribution in [1.82, 2.24) is 5.06 Å². The first-order chi connectivity index (χ1) is 8.29. The molecule has 0 aliphatic carbocycles. The zero-order chi connectivity index (χ0) is 13.8. The minimum Gasteiger partial charge on any atom is -0.330 e. The first-order valence-electron chi connectivity index (χ1n) is 5.06. The third-order valence-electron chi connectivity index (χ3n) is 1.98. The first kappa shape index (κ1) is 14.8. The minimum absolute atomic E-state index is 0.000163. The molecule has 0 spiro atoms. The number of nitrogens with zero attached hydrogens (tertiary/aromatic N) is 1. The molecule has 1 aliphatic heterocycles. The molecule has 2 N–H and O–H groups in total. The largest absolute Gasteiger partial charge is 0.469 e. The molecule has 1 aliphatic rings. The first-order valence-corrected chi connectivity index (χ1v) is 6.59. The Morgan fingerprint density at radius 1 is 1.28 bits per heavy atom. The molecule has 9 nitrogen and oxygen atoms in total. The van der Waals surface area contributed by atoms with Gasteiger partial charge in [-0.05, 0) is 6.42 Å². The van der Waals surface area contributed by atoms with Crippen molar-refractivity contribution >= 4 is 25.6 Å². The molecular weight excluding hydrogens is 269 g/mol. The lowest BCUT2D eigenvalue weighted by Crippen LogP contribution is -2.32.